The first-order valence-electron chi connectivity index (χ1n) is 4.57. The minimum Gasteiger partial charge on any atom is -0.476 e. The summed E-state index contributed by atoms with van der Waals surface area (Å²) in [5.41, 5.74) is -0.499. The first-order valence-corrected chi connectivity index (χ1v) is 4.57. The van der Waals surface area contributed by atoms with Crippen LogP contribution in [0, 0.1) is 5.92 Å². The van der Waals surface area contributed by atoms with Gasteiger partial charge in [-0.3, -0.25) is 5.10 Å². The number of rotatable bonds is 1. The fraction of sp³-hybridized carbons (Fsp3) is 0.556. The highest BCUT2D eigenvalue weighted by Crippen LogP contribution is 2.52. The number of H-pyrrole nitrogens is 1. The van der Waals surface area contributed by atoms with Gasteiger partial charge in [0.25, 0.3) is 5.92 Å². The summed E-state index contributed by atoms with van der Waals surface area (Å²) in [5.74, 6) is -5.70. The van der Waals surface area contributed by atoms with Crippen molar-refractivity contribution in [2.45, 2.75) is 25.7 Å². The zero-order valence-corrected chi connectivity index (χ0v) is 8.21. The molecule has 82 valence electrons. The van der Waals surface area contributed by atoms with E-state index < -0.39 is 23.7 Å². The van der Waals surface area contributed by atoms with Gasteiger partial charge in [-0.25, -0.2) is 4.79 Å². The molecule has 0 amide bonds. The van der Waals surface area contributed by atoms with Crippen LogP contribution in [0.15, 0.2) is 0 Å². The zero-order chi connectivity index (χ0) is 11.4. The van der Waals surface area contributed by atoms with Gasteiger partial charge in [-0.05, 0) is 5.92 Å². The third-order valence-electron chi connectivity index (χ3n) is 3.12. The molecule has 0 saturated carbocycles. The Morgan fingerprint density at radius 3 is 2.67 bits per heavy atom. The average molecular weight is 216 g/mol. The number of hydrogen-bond donors (Lipinski definition) is 2. The van der Waals surface area contributed by atoms with Gasteiger partial charge in [-0.1, -0.05) is 13.8 Å². The van der Waals surface area contributed by atoms with Crippen molar-refractivity contribution in [1.29, 1.82) is 0 Å². The summed E-state index contributed by atoms with van der Waals surface area (Å²) in [4.78, 5) is 10.8. The molecule has 2 N–H and O–H groups in total. The molecule has 6 heteroatoms. The highest BCUT2D eigenvalue weighted by molar-refractivity contribution is 5.88. The minimum absolute atomic E-state index is 0.139. The quantitative estimate of drug-likeness (QED) is 0.754. The van der Waals surface area contributed by atoms with Crippen molar-refractivity contribution in [3.63, 3.8) is 0 Å². The SMILES string of the molecule is C[C@@H]1c2c(C(=O)O)n[nH]c2C(F)(F)[C@@H]1C. The molecule has 0 bridgehead atoms. The second-order valence-electron chi connectivity index (χ2n) is 3.87. The topological polar surface area (TPSA) is 66.0 Å². The highest BCUT2D eigenvalue weighted by atomic mass is 19.3. The van der Waals surface area contributed by atoms with E-state index in [9.17, 15) is 13.6 Å². The fourth-order valence-electron chi connectivity index (χ4n) is 2.00. The lowest BCUT2D eigenvalue weighted by Crippen LogP contribution is -2.20. The van der Waals surface area contributed by atoms with Crippen molar-refractivity contribution < 1.29 is 18.7 Å². The number of aromatic nitrogens is 2. The summed E-state index contributed by atoms with van der Waals surface area (Å²) in [6.07, 6.45) is 0. The van der Waals surface area contributed by atoms with Gasteiger partial charge in [0.05, 0.1) is 0 Å². The molecule has 15 heavy (non-hydrogen) atoms. The van der Waals surface area contributed by atoms with Crippen LogP contribution in [0.5, 0.6) is 0 Å². The van der Waals surface area contributed by atoms with E-state index in [1.807, 2.05) is 0 Å². The van der Waals surface area contributed by atoms with Crippen LogP contribution in [0.2, 0.25) is 0 Å². The van der Waals surface area contributed by atoms with Crippen LogP contribution < -0.4 is 0 Å². The Balaban J connectivity index is 2.63. The van der Waals surface area contributed by atoms with Crippen LogP contribution in [-0.2, 0) is 5.92 Å². The highest BCUT2D eigenvalue weighted by Gasteiger charge is 2.53. The van der Waals surface area contributed by atoms with Crippen molar-refractivity contribution in [2.75, 3.05) is 0 Å². The van der Waals surface area contributed by atoms with Gasteiger partial charge in [0.1, 0.15) is 5.69 Å². The van der Waals surface area contributed by atoms with Gasteiger partial charge in [0.2, 0.25) is 0 Å². The maximum atomic E-state index is 13.6. The Morgan fingerprint density at radius 2 is 2.13 bits per heavy atom. The van der Waals surface area contributed by atoms with E-state index in [2.05, 4.69) is 10.2 Å². The van der Waals surface area contributed by atoms with Crippen molar-refractivity contribution in [2.24, 2.45) is 5.92 Å². The van der Waals surface area contributed by atoms with Crippen LogP contribution >= 0.6 is 0 Å². The number of hydrogen-bond acceptors (Lipinski definition) is 2. The Labute approximate surface area is 84.3 Å². The third-order valence-corrected chi connectivity index (χ3v) is 3.12. The largest absolute Gasteiger partial charge is 0.476 e. The molecule has 2 rings (SSSR count). The van der Waals surface area contributed by atoms with E-state index in [1.54, 1.807) is 6.92 Å². The van der Waals surface area contributed by atoms with Crippen LogP contribution in [0.3, 0.4) is 0 Å². The zero-order valence-electron chi connectivity index (χ0n) is 8.21. The molecule has 0 unspecified atom stereocenters. The fourth-order valence-corrected chi connectivity index (χ4v) is 2.00. The summed E-state index contributed by atoms with van der Waals surface area (Å²) in [7, 11) is 0. The van der Waals surface area contributed by atoms with Gasteiger partial charge in [-0.15, -0.1) is 0 Å². The maximum Gasteiger partial charge on any atom is 0.356 e. The summed E-state index contributed by atoms with van der Waals surface area (Å²) in [5, 5.41) is 14.3. The second kappa shape index (κ2) is 2.77. The molecule has 4 nitrogen and oxygen atoms in total. The smallest absolute Gasteiger partial charge is 0.356 e. The third kappa shape index (κ3) is 1.10. The summed E-state index contributed by atoms with van der Waals surface area (Å²) >= 11 is 0. The first kappa shape index (κ1) is 10.1. The number of carboxylic acid groups (broad SMARTS) is 1. The van der Waals surface area contributed by atoms with Crippen LogP contribution in [0.1, 0.15) is 41.5 Å². The molecule has 2 atom stereocenters. The average Bonchev–Trinajstić information content (AvgIpc) is 2.64. The number of nitrogens with one attached hydrogen (secondary N) is 1. The van der Waals surface area contributed by atoms with Crippen LogP contribution in [0.4, 0.5) is 8.78 Å². The Kier molecular flexibility index (Phi) is 1.86. The molecule has 0 radical (unpaired) electrons. The minimum atomic E-state index is -3.02. The molecule has 0 aliphatic heterocycles. The molecule has 0 aromatic carbocycles. The van der Waals surface area contributed by atoms with E-state index in [4.69, 9.17) is 5.11 Å². The molecule has 1 heterocycles. The van der Waals surface area contributed by atoms with Crippen molar-refractivity contribution in [3.05, 3.63) is 17.0 Å². The predicted molar refractivity (Wildman–Crippen MR) is 47.0 cm³/mol. The van der Waals surface area contributed by atoms with Gasteiger partial charge in [0, 0.05) is 11.5 Å². The lowest BCUT2D eigenvalue weighted by molar-refractivity contribution is -0.0553. The van der Waals surface area contributed by atoms with E-state index in [0.717, 1.165) is 0 Å². The molecule has 1 aliphatic carbocycles. The number of aromatic carboxylic acids is 1. The number of carbonyl (C=O) groups is 1. The molecular weight excluding hydrogens is 206 g/mol. The van der Waals surface area contributed by atoms with Gasteiger partial charge in [0.15, 0.2) is 5.69 Å². The number of carboxylic acids is 1. The van der Waals surface area contributed by atoms with Gasteiger partial charge < -0.3 is 5.11 Å². The number of halogens is 2. The molecular formula is C9H10F2N2O2. The number of aromatic amines is 1. The van der Waals surface area contributed by atoms with Crippen LogP contribution in [-0.4, -0.2) is 21.3 Å². The van der Waals surface area contributed by atoms with Crippen LogP contribution in [0.25, 0.3) is 0 Å². The van der Waals surface area contributed by atoms with E-state index >= 15 is 0 Å². The van der Waals surface area contributed by atoms with Crippen molar-refractivity contribution in [1.82, 2.24) is 10.2 Å². The first-order chi connectivity index (χ1) is 6.87. The van der Waals surface area contributed by atoms with Gasteiger partial charge in [-0.2, -0.15) is 13.9 Å². The Bertz CT molecular complexity index is 428. The summed E-state index contributed by atoms with van der Waals surface area (Å²) in [6.45, 7) is 3.00. The number of fused-ring (bicyclic) bond motifs is 1. The van der Waals surface area contributed by atoms with E-state index in [0.29, 0.717) is 0 Å². The standard InChI is InChI=1S/C9H10F2N2O2/c1-3-4(2)9(10,11)7-5(3)6(8(14)15)12-13-7/h3-4H,1-2H3,(H,12,13)(H,14,15)/t3-,4+/m0/s1. The molecule has 0 fully saturated rings. The summed E-state index contributed by atoms with van der Waals surface area (Å²) in [6, 6.07) is 0. The summed E-state index contributed by atoms with van der Waals surface area (Å²) < 4.78 is 27.2. The predicted octanol–water partition coefficient (Wildman–Crippen LogP) is 1.95. The van der Waals surface area contributed by atoms with E-state index in [-0.39, 0.29) is 17.0 Å². The molecule has 1 aromatic heterocycles. The van der Waals surface area contributed by atoms with Crippen molar-refractivity contribution >= 4 is 5.97 Å². The Hall–Kier alpha value is -1.46. The van der Waals surface area contributed by atoms with Crippen molar-refractivity contribution in [3.8, 4) is 0 Å². The Morgan fingerprint density at radius 1 is 1.53 bits per heavy atom. The molecule has 1 aliphatic rings. The second-order valence-corrected chi connectivity index (χ2v) is 3.87. The van der Waals surface area contributed by atoms with Gasteiger partial charge >= 0.3 is 5.97 Å². The lowest BCUT2D eigenvalue weighted by atomic mass is 9.94. The lowest BCUT2D eigenvalue weighted by Gasteiger charge is -2.17. The molecule has 0 saturated heterocycles. The normalized spacial score (nSPS) is 27.7. The number of nitrogens with zero attached hydrogens (tertiary/aromatic N) is 1. The monoisotopic (exact) mass is 216 g/mol. The maximum absolute atomic E-state index is 13.6. The number of alkyl halides is 2. The molecule has 0 spiro atoms. The van der Waals surface area contributed by atoms with E-state index in [1.165, 1.54) is 6.92 Å². The molecule has 1 aromatic rings.